The first-order valence-electron chi connectivity index (χ1n) is 4.77. The van der Waals surface area contributed by atoms with Crippen molar-refractivity contribution in [1.29, 1.82) is 0 Å². The van der Waals surface area contributed by atoms with Crippen LogP contribution in [0.15, 0.2) is 18.2 Å². The van der Waals surface area contributed by atoms with Crippen LogP contribution in [0.1, 0.15) is 31.9 Å². The summed E-state index contributed by atoms with van der Waals surface area (Å²) in [6.07, 6.45) is 1.82. The van der Waals surface area contributed by atoms with Crippen LogP contribution in [0, 0.1) is 6.92 Å². The van der Waals surface area contributed by atoms with Crippen molar-refractivity contribution in [3.63, 3.8) is 0 Å². The standard InChI is InChI=1S/C12H15O3/c1-9-6-5-7-10(8-13)11(9)14-15-12(2,3)4/h5-7H,1-4H3. The first kappa shape index (κ1) is 11.7. The van der Waals surface area contributed by atoms with E-state index in [-0.39, 0.29) is 0 Å². The number of para-hydroxylation sites is 1. The number of aryl methyl sites for hydroxylation is 1. The molecule has 0 aliphatic heterocycles. The van der Waals surface area contributed by atoms with Crippen molar-refractivity contribution in [3.05, 3.63) is 29.3 Å². The lowest BCUT2D eigenvalue weighted by molar-refractivity contribution is -0.275. The molecule has 15 heavy (non-hydrogen) atoms. The van der Waals surface area contributed by atoms with Crippen molar-refractivity contribution in [2.45, 2.75) is 33.3 Å². The highest BCUT2D eigenvalue weighted by Gasteiger charge is 2.15. The van der Waals surface area contributed by atoms with Crippen LogP contribution < -0.4 is 4.89 Å². The van der Waals surface area contributed by atoms with E-state index in [0.717, 1.165) is 5.56 Å². The van der Waals surface area contributed by atoms with Gasteiger partial charge in [-0.3, -0.25) is 4.79 Å². The Morgan fingerprint density at radius 2 is 1.93 bits per heavy atom. The second-order valence-corrected chi connectivity index (χ2v) is 4.33. The lowest BCUT2D eigenvalue weighted by Gasteiger charge is -2.19. The molecule has 0 amide bonds. The predicted molar refractivity (Wildman–Crippen MR) is 57.4 cm³/mol. The number of hydrogen-bond donors (Lipinski definition) is 0. The van der Waals surface area contributed by atoms with Crippen molar-refractivity contribution in [1.82, 2.24) is 0 Å². The van der Waals surface area contributed by atoms with E-state index < -0.39 is 5.60 Å². The molecule has 3 nitrogen and oxygen atoms in total. The Labute approximate surface area is 89.9 Å². The van der Waals surface area contributed by atoms with Gasteiger partial charge in [0.15, 0.2) is 5.75 Å². The summed E-state index contributed by atoms with van der Waals surface area (Å²) in [5, 5.41) is 0. The molecule has 0 saturated heterocycles. The zero-order valence-corrected chi connectivity index (χ0v) is 9.46. The van der Waals surface area contributed by atoms with E-state index in [2.05, 4.69) is 0 Å². The largest absolute Gasteiger partial charge is 0.336 e. The molecule has 0 atom stereocenters. The summed E-state index contributed by atoms with van der Waals surface area (Å²) in [7, 11) is 0. The van der Waals surface area contributed by atoms with E-state index in [0.29, 0.717) is 11.3 Å². The average Bonchev–Trinajstić information content (AvgIpc) is 2.14. The molecule has 0 N–H and O–H groups in total. The summed E-state index contributed by atoms with van der Waals surface area (Å²) >= 11 is 0. The molecule has 0 fully saturated rings. The maximum Gasteiger partial charge on any atom is 0.237 e. The van der Waals surface area contributed by atoms with Crippen molar-refractivity contribution in [2.75, 3.05) is 0 Å². The highest BCUT2D eigenvalue weighted by atomic mass is 17.2. The number of rotatable bonds is 3. The molecule has 1 aromatic carbocycles. The summed E-state index contributed by atoms with van der Waals surface area (Å²) < 4.78 is 0. The van der Waals surface area contributed by atoms with Crippen LogP contribution in [0.5, 0.6) is 5.75 Å². The lowest BCUT2D eigenvalue weighted by Crippen LogP contribution is -2.21. The maximum absolute atomic E-state index is 10.6. The SMILES string of the molecule is Cc1cccc([C]=O)c1OOC(C)(C)C. The third kappa shape index (κ3) is 3.36. The normalized spacial score (nSPS) is 11.2. The Kier molecular flexibility index (Phi) is 3.48. The van der Waals surface area contributed by atoms with Gasteiger partial charge < -0.3 is 4.89 Å². The number of hydrogen-bond acceptors (Lipinski definition) is 3. The average molecular weight is 207 g/mol. The molecule has 0 heterocycles. The molecule has 1 aromatic rings. The predicted octanol–water partition coefficient (Wildman–Crippen LogP) is 2.56. The van der Waals surface area contributed by atoms with Crippen molar-refractivity contribution >= 4 is 6.29 Å². The molecule has 0 bridgehead atoms. The molecule has 81 valence electrons. The molecule has 3 heteroatoms. The first-order chi connectivity index (χ1) is 6.94. The Bertz CT molecular complexity index is 350. The Morgan fingerprint density at radius 3 is 2.47 bits per heavy atom. The molecule has 0 aromatic heterocycles. The van der Waals surface area contributed by atoms with Gasteiger partial charge in [-0.05, 0) is 39.3 Å². The van der Waals surface area contributed by atoms with Crippen LogP contribution in [0.25, 0.3) is 0 Å². The maximum atomic E-state index is 10.6. The number of carbonyl (C=O) groups excluding carboxylic acids is 1. The van der Waals surface area contributed by atoms with Crippen molar-refractivity contribution in [3.8, 4) is 5.75 Å². The van der Waals surface area contributed by atoms with Gasteiger partial charge in [0.25, 0.3) is 0 Å². The molecular formula is C12H15O3. The highest BCUT2D eigenvalue weighted by molar-refractivity contribution is 5.80. The zero-order chi connectivity index (χ0) is 11.5. The zero-order valence-electron chi connectivity index (χ0n) is 9.46. The fourth-order valence-electron chi connectivity index (χ4n) is 1.01. The minimum atomic E-state index is -0.414. The molecule has 0 aliphatic rings. The molecule has 0 unspecified atom stereocenters. The second-order valence-electron chi connectivity index (χ2n) is 4.33. The van der Waals surface area contributed by atoms with Crippen molar-refractivity contribution in [2.24, 2.45) is 0 Å². The summed E-state index contributed by atoms with van der Waals surface area (Å²) in [6, 6.07) is 5.27. The fraction of sp³-hybridized carbons (Fsp3) is 0.417. The molecule has 1 radical (unpaired) electrons. The molecule has 1 rings (SSSR count). The van der Waals surface area contributed by atoms with Gasteiger partial charge in [-0.25, -0.2) is 0 Å². The summed E-state index contributed by atoms with van der Waals surface area (Å²) in [5.41, 5.74) is 0.807. The topological polar surface area (TPSA) is 35.5 Å². The first-order valence-corrected chi connectivity index (χ1v) is 4.77. The summed E-state index contributed by atoms with van der Waals surface area (Å²) in [5.74, 6) is 0.433. The van der Waals surface area contributed by atoms with Crippen LogP contribution in [0.2, 0.25) is 0 Å². The van der Waals surface area contributed by atoms with Crippen LogP contribution in [-0.2, 0) is 9.68 Å². The van der Waals surface area contributed by atoms with E-state index in [9.17, 15) is 4.79 Å². The Balaban J connectivity index is 2.88. The van der Waals surface area contributed by atoms with Gasteiger partial charge in [0, 0.05) is 0 Å². The van der Waals surface area contributed by atoms with Gasteiger partial charge in [0.1, 0.15) is 5.60 Å². The van der Waals surface area contributed by atoms with Gasteiger partial charge >= 0.3 is 0 Å². The van der Waals surface area contributed by atoms with Gasteiger partial charge in [-0.2, -0.15) is 4.89 Å². The number of benzene rings is 1. The van der Waals surface area contributed by atoms with Gasteiger partial charge in [-0.1, -0.05) is 12.1 Å². The highest BCUT2D eigenvalue weighted by Crippen LogP contribution is 2.23. The summed E-state index contributed by atoms with van der Waals surface area (Å²) in [4.78, 5) is 21.0. The van der Waals surface area contributed by atoms with Crippen LogP contribution in [0.3, 0.4) is 0 Å². The second kappa shape index (κ2) is 4.45. The lowest BCUT2D eigenvalue weighted by atomic mass is 10.1. The molecule has 0 aliphatic carbocycles. The van der Waals surface area contributed by atoms with Crippen LogP contribution in [-0.4, -0.2) is 11.9 Å². The van der Waals surface area contributed by atoms with Crippen LogP contribution in [0.4, 0.5) is 0 Å². The molecule has 0 spiro atoms. The smallest absolute Gasteiger partial charge is 0.237 e. The third-order valence-electron chi connectivity index (χ3n) is 1.70. The fourth-order valence-corrected chi connectivity index (χ4v) is 1.01. The minimum absolute atomic E-state index is 0.374. The van der Waals surface area contributed by atoms with E-state index in [1.54, 1.807) is 12.1 Å². The monoisotopic (exact) mass is 207 g/mol. The minimum Gasteiger partial charge on any atom is -0.336 e. The molecular weight excluding hydrogens is 192 g/mol. The Morgan fingerprint density at radius 1 is 1.27 bits per heavy atom. The van der Waals surface area contributed by atoms with Crippen molar-refractivity contribution < 1.29 is 14.6 Å². The van der Waals surface area contributed by atoms with E-state index >= 15 is 0 Å². The summed E-state index contributed by atoms with van der Waals surface area (Å²) in [6.45, 7) is 7.46. The third-order valence-corrected chi connectivity index (χ3v) is 1.70. The molecule has 0 saturated carbocycles. The van der Waals surface area contributed by atoms with Gasteiger partial charge in [-0.15, -0.1) is 0 Å². The van der Waals surface area contributed by atoms with E-state index in [4.69, 9.17) is 9.78 Å². The quantitative estimate of drug-likeness (QED) is 0.564. The van der Waals surface area contributed by atoms with Crippen LogP contribution >= 0.6 is 0 Å². The van der Waals surface area contributed by atoms with E-state index in [1.165, 1.54) is 0 Å². The van der Waals surface area contributed by atoms with E-state index in [1.807, 2.05) is 40.0 Å². The van der Waals surface area contributed by atoms with Gasteiger partial charge in [0.2, 0.25) is 6.29 Å². The Hall–Kier alpha value is -1.35. The van der Waals surface area contributed by atoms with Gasteiger partial charge in [0.05, 0.1) is 5.56 Å².